The number of carbonyl (C=O) groups excluding carboxylic acids is 1. The number of ether oxygens (including phenoxy) is 3. The highest BCUT2D eigenvalue weighted by atomic mass is 31.2. The number of anilines is 1. The van der Waals surface area contributed by atoms with E-state index in [1.165, 1.54) is 30.9 Å². The van der Waals surface area contributed by atoms with Crippen molar-refractivity contribution in [3.8, 4) is 5.75 Å². The van der Waals surface area contributed by atoms with Crippen molar-refractivity contribution in [2.75, 3.05) is 19.5 Å². The number of nitrogens with zero attached hydrogens (tertiary/aromatic N) is 2. The third kappa shape index (κ3) is 6.92. The lowest BCUT2D eigenvalue weighted by molar-refractivity contribution is -0.149. The molecule has 3 rings (SSSR count). The Morgan fingerprint density at radius 2 is 1.94 bits per heavy atom. The molecule has 0 amide bonds. The van der Waals surface area contributed by atoms with E-state index in [4.69, 9.17) is 29.0 Å². The van der Waals surface area contributed by atoms with Gasteiger partial charge in [0.05, 0.1) is 18.8 Å². The average molecular weight is 525 g/mol. The molecular formula is C23H33N4O8P. The van der Waals surface area contributed by atoms with E-state index in [2.05, 4.69) is 10.1 Å². The third-order valence-electron chi connectivity index (χ3n) is 5.48. The van der Waals surface area contributed by atoms with E-state index in [0.29, 0.717) is 0 Å². The van der Waals surface area contributed by atoms with Gasteiger partial charge in [0, 0.05) is 19.2 Å². The second-order valence-electron chi connectivity index (χ2n) is 8.70. The zero-order chi connectivity index (χ0) is 26.5. The first-order valence-electron chi connectivity index (χ1n) is 11.5. The predicted molar refractivity (Wildman–Crippen MR) is 131 cm³/mol. The summed E-state index contributed by atoms with van der Waals surface area (Å²) in [6.07, 6.45) is -0.795. The maximum atomic E-state index is 13.7. The Morgan fingerprint density at radius 3 is 2.56 bits per heavy atom. The lowest BCUT2D eigenvalue weighted by Gasteiger charge is -2.25. The minimum atomic E-state index is -4.10. The van der Waals surface area contributed by atoms with Crippen molar-refractivity contribution in [1.82, 2.24) is 14.6 Å². The molecule has 12 nitrogen and oxygen atoms in total. The van der Waals surface area contributed by atoms with E-state index >= 15 is 0 Å². The van der Waals surface area contributed by atoms with Crippen LogP contribution < -0.4 is 21.0 Å². The van der Waals surface area contributed by atoms with Crippen molar-refractivity contribution >= 4 is 19.5 Å². The Kier molecular flexibility index (Phi) is 9.26. The Bertz CT molecular complexity index is 1130. The van der Waals surface area contributed by atoms with Gasteiger partial charge in [0.15, 0.2) is 0 Å². The molecule has 0 saturated carbocycles. The largest absolute Gasteiger partial charge is 0.462 e. The molecule has 198 valence electrons. The van der Waals surface area contributed by atoms with Crippen LogP contribution in [0.2, 0.25) is 0 Å². The van der Waals surface area contributed by atoms with Crippen LogP contribution >= 0.6 is 7.75 Å². The molecule has 6 atom stereocenters. The minimum Gasteiger partial charge on any atom is -0.462 e. The molecule has 2 unspecified atom stereocenters. The smallest absolute Gasteiger partial charge is 0.459 e. The molecule has 1 aromatic carbocycles. The van der Waals surface area contributed by atoms with Gasteiger partial charge in [-0.3, -0.25) is 13.9 Å². The van der Waals surface area contributed by atoms with Crippen molar-refractivity contribution in [1.29, 1.82) is 0 Å². The standard InChI is InChI=1S/C23H33N4O8P/c1-14(2)33-22(28)16(4)26-36(30,35-17-9-7-6-8-10-17)32-13-18-20(31-5)15(3)21(34-18)27-12-11-19(24)25-23(27)29/h6-12,14-16,18,20-21H,13H2,1-5H3,(H,26,30)(H2,24,25,29)/t15-,16-,18+,20?,21+,36?/m0/s1. The Labute approximate surface area is 209 Å². The summed E-state index contributed by atoms with van der Waals surface area (Å²) in [5.41, 5.74) is 5.02. The van der Waals surface area contributed by atoms with Gasteiger partial charge < -0.3 is 24.5 Å². The quantitative estimate of drug-likeness (QED) is 0.329. The van der Waals surface area contributed by atoms with E-state index in [-0.39, 0.29) is 30.2 Å². The lowest BCUT2D eigenvalue weighted by atomic mass is 10.0. The number of carbonyl (C=O) groups is 1. The molecule has 1 aliphatic heterocycles. The first-order valence-corrected chi connectivity index (χ1v) is 13.1. The van der Waals surface area contributed by atoms with E-state index in [9.17, 15) is 14.2 Å². The van der Waals surface area contributed by atoms with Gasteiger partial charge >= 0.3 is 19.4 Å². The van der Waals surface area contributed by atoms with Crippen molar-refractivity contribution in [3.05, 3.63) is 53.1 Å². The fourth-order valence-corrected chi connectivity index (χ4v) is 5.33. The van der Waals surface area contributed by atoms with Crippen molar-refractivity contribution in [2.45, 2.75) is 58.3 Å². The van der Waals surface area contributed by atoms with Gasteiger partial charge in [-0.25, -0.2) is 9.36 Å². The van der Waals surface area contributed by atoms with E-state index in [1.807, 2.05) is 6.92 Å². The Morgan fingerprint density at radius 1 is 1.25 bits per heavy atom. The first kappa shape index (κ1) is 27.8. The highest BCUT2D eigenvalue weighted by molar-refractivity contribution is 7.52. The van der Waals surface area contributed by atoms with Gasteiger partial charge in [-0.15, -0.1) is 0 Å². The van der Waals surface area contributed by atoms with E-state index in [1.54, 1.807) is 44.2 Å². The molecule has 1 fully saturated rings. The summed E-state index contributed by atoms with van der Waals surface area (Å²) in [6.45, 7) is 6.55. The molecular weight excluding hydrogens is 491 g/mol. The van der Waals surface area contributed by atoms with Gasteiger partial charge in [0.25, 0.3) is 0 Å². The molecule has 1 aliphatic rings. The van der Waals surface area contributed by atoms with Crippen LogP contribution in [0, 0.1) is 5.92 Å². The first-order chi connectivity index (χ1) is 17.0. The molecule has 2 aromatic rings. The van der Waals surface area contributed by atoms with Crippen LogP contribution in [0.5, 0.6) is 5.75 Å². The van der Waals surface area contributed by atoms with Gasteiger partial charge in [-0.1, -0.05) is 25.1 Å². The molecule has 1 aromatic heterocycles. The van der Waals surface area contributed by atoms with Crippen LogP contribution in [0.15, 0.2) is 47.4 Å². The fraction of sp³-hybridized carbons (Fsp3) is 0.522. The lowest BCUT2D eigenvalue weighted by Crippen LogP contribution is -2.37. The zero-order valence-electron chi connectivity index (χ0n) is 20.9. The van der Waals surface area contributed by atoms with Crippen molar-refractivity contribution in [3.63, 3.8) is 0 Å². The number of hydrogen-bond acceptors (Lipinski definition) is 10. The number of rotatable bonds is 11. The summed E-state index contributed by atoms with van der Waals surface area (Å²) >= 11 is 0. The second-order valence-corrected chi connectivity index (χ2v) is 10.4. The molecule has 0 radical (unpaired) electrons. The maximum Gasteiger partial charge on any atom is 0.459 e. The zero-order valence-corrected chi connectivity index (χ0v) is 21.8. The topological polar surface area (TPSA) is 153 Å². The van der Waals surface area contributed by atoms with Crippen LogP contribution in [0.25, 0.3) is 0 Å². The number of nitrogens with two attached hydrogens (primary N) is 1. The number of aromatic nitrogens is 2. The van der Waals surface area contributed by atoms with Crippen molar-refractivity contribution in [2.24, 2.45) is 5.92 Å². The average Bonchev–Trinajstić information content (AvgIpc) is 3.13. The second kappa shape index (κ2) is 12.0. The molecule has 0 aliphatic carbocycles. The molecule has 0 bridgehead atoms. The predicted octanol–water partition coefficient (Wildman–Crippen LogP) is 2.51. The van der Waals surface area contributed by atoms with Gasteiger partial charge in [-0.05, 0) is 39.0 Å². The highest BCUT2D eigenvalue weighted by Gasteiger charge is 2.45. The van der Waals surface area contributed by atoms with Crippen molar-refractivity contribution < 1.29 is 32.6 Å². The van der Waals surface area contributed by atoms with Gasteiger partial charge in [0.1, 0.15) is 29.9 Å². The number of nitrogen functional groups attached to an aromatic ring is 1. The summed E-state index contributed by atoms with van der Waals surface area (Å²) in [6, 6.07) is 8.92. The molecule has 13 heteroatoms. The fourth-order valence-electron chi connectivity index (χ4n) is 3.83. The maximum absolute atomic E-state index is 13.7. The highest BCUT2D eigenvalue weighted by Crippen LogP contribution is 2.46. The van der Waals surface area contributed by atoms with Crippen LogP contribution in [-0.2, 0) is 28.1 Å². The van der Waals surface area contributed by atoms with Crippen LogP contribution in [0.1, 0.15) is 33.9 Å². The summed E-state index contributed by atoms with van der Waals surface area (Å²) in [7, 11) is -2.59. The molecule has 2 heterocycles. The van der Waals surface area contributed by atoms with Crippen LogP contribution in [-0.4, -0.2) is 53.6 Å². The summed E-state index contributed by atoms with van der Waals surface area (Å²) < 4.78 is 43.3. The van der Waals surface area contributed by atoms with E-state index < -0.39 is 43.9 Å². The third-order valence-corrected chi connectivity index (χ3v) is 7.12. The summed E-state index contributed by atoms with van der Waals surface area (Å²) in [5, 5.41) is 2.63. The van der Waals surface area contributed by atoms with Crippen LogP contribution in [0.4, 0.5) is 5.82 Å². The number of hydrogen-bond donors (Lipinski definition) is 2. The molecule has 36 heavy (non-hydrogen) atoms. The minimum absolute atomic E-state index is 0.0975. The number of methoxy groups -OCH3 is 1. The number of nitrogens with one attached hydrogen (secondary N) is 1. The SMILES string of the molecule is COC1[C@@H](COP(=O)(N[C@@H](C)C(=O)OC(C)C)Oc2ccccc2)O[C@@H](n2ccc(N)nc2=O)[C@H]1C. The van der Waals surface area contributed by atoms with Gasteiger partial charge in [-0.2, -0.15) is 10.1 Å². The number of para-hydroxylation sites is 1. The normalized spacial score (nSPS) is 24.3. The van der Waals surface area contributed by atoms with Crippen LogP contribution in [0.3, 0.4) is 0 Å². The Hall–Kier alpha value is -2.76. The molecule has 0 spiro atoms. The number of benzene rings is 1. The molecule has 1 saturated heterocycles. The summed E-state index contributed by atoms with van der Waals surface area (Å²) in [4.78, 5) is 28.4. The number of esters is 1. The monoisotopic (exact) mass is 524 g/mol. The summed E-state index contributed by atoms with van der Waals surface area (Å²) in [5.74, 6) is -0.519. The van der Waals surface area contributed by atoms with E-state index in [0.717, 1.165) is 0 Å². The Balaban J connectivity index is 1.78. The molecule has 3 N–H and O–H groups in total. The van der Waals surface area contributed by atoms with Gasteiger partial charge in [0.2, 0.25) is 0 Å².